The van der Waals surface area contributed by atoms with Gasteiger partial charge in [-0.1, -0.05) is 48.5 Å². The first-order valence-corrected chi connectivity index (χ1v) is 10.3. The first-order valence-electron chi connectivity index (χ1n) is 10.3. The van der Waals surface area contributed by atoms with Gasteiger partial charge in [-0.2, -0.15) is 9.90 Å². The molecule has 4 aromatic rings. The average molecular weight is 442 g/mol. The van der Waals surface area contributed by atoms with Crippen molar-refractivity contribution in [3.63, 3.8) is 0 Å². The second-order valence-electron chi connectivity index (χ2n) is 7.03. The number of tetrazole rings is 1. The molecule has 0 bridgehead atoms. The molecular formula is C24H22N6O3. The monoisotopic (exact) mass is 442 g/mol. The molecular weight excluding hydrogens is 420 g/mol. The summed E-state index contributed by atoms with van der Waals surface area (Å²) < 4.78 is 5.34. The number of para-hydroxylation sites is 1. The topological polar surface area (TPSA) is 115 Å². The van der Waals surface area contributed by atoms with Crippen LogP contribution >= 0.6 is 0 Å². The van der Waals surface area contributed by atoms with E-state index in [1.54, 1.807) is 30.3 Å². The number of aromatic nitrogens is 4. The van der Waals surface area contributed by atoms with Crippen LogP contribution in [0.4, 0.5) is 0 Å². The molecule has 166 valence electrons. The van der Waals surface area contributed by atoms with Crippen molar-refractivity contribution in [2.45, 2.75) is 13.5 Å². The van der Waals surface area contributed by atoms with Crippen molar-refractivity contribution >= 4 is 12.1 Å². The van der Waals surface area contributed by atoms with E-state index in [1.165, 1.54) is 11.0 Å². The van der Waals surface area contributed by atoms with Crippen molar-refractivity contribution in [3.8, 4) is 22.9 Å². The number of nitrogens with zero attached hydrogens (tertiary/aromatic N) is 5. The fourth-order valence-corrected chi connectivity index (χ4v) is 3.08. The standard InChI is InChI=1S/C24H22N6O3/c1-2-33-21-10-6-9-20(22(21)31)15-25-27-24(32)19-13-11-17(12-14-19)16-30-28-23(26-29-30)18-7-4-3-5-8-18/h3-15,31H,2,16H2,1H3,(H,27,32)/b25-15+. The van der Waals surface area contributed by atoms with Gasteiger partial charge in [0.2, 0.25) is 5.82 Å². The smallest absolute Gasteiger partial charge is 0.271 e. The van der Waals surface area contributed by atoms with Gasteiger partial charge in [-0.3, -0.25) is 4.79 Å². The molecule has 4 rings (SSSR count). The second-order valence-corrected chi connectivity index (χ2v) is 7.03. The Morgan fingerprint density at radius 2 is 1.88 bits per heavy atom. The van der Waals surface area contributed by atoms with Gasteiger partial charge in [-0.15, -0.1) is 10.2 Å². The van der Waals surface area contributed by atoms with E-state index in [0.29, 0.717) is 35.9 Å². The van der Waals surface area contributed by atoms with Gasteiger partial charge in [-0.25, -0.2) is 5.43 Å². The van der Waals surface area contributed by atoms with Gasteiger partial charge in [0.1, 0.15) is 0 Å². The van der Waals surface area contributed by atoms with Crippen molar-refractivity contribution in [1.82, 2.24) is 25.6 Å². The van der Waals surface area contributed by atoms with Crippen LogP contribution in [-0.2, 0) is 6.54 Å². The zero-order valence-electron chi connectivity index (χ0n) is 17.9. The third-order valence-electron chi connectivity index (χ3n) is 4.72. The van der Waals surface area contributed by atoms with Crippen LogP contribution in [0.2, 0.25) is 0 Å². The Kier molecular flexibility index (Phi) is 6.70. The summed E-state index contributed by atoms with van der Waals surface area (Å²) in [6.45, 7) is 2.69. The van der Waals surface area contributed by atoms with Crippen molar-refractivity contribution in [2.24, 2.45) is 5.10 Å². The summed E-state index contributed by atoms with van der Waals surface area (Å²) in [5.41, 5.74) is 5.15. The molecule has 0 aliphatic rings. The Labute approximate surface area is 190 Å². The molecule has 9 nitrogen and oxygen atoms in total. The number of carbonyl (C=O) groups excluding carboxylic acids is 1. The number of carbonyl (C=O) groups is 1. The molecule has 0 unspecified atom stereocenters. The van der Waals surface area contributed by atoms with Gasteiger partial charge in [0.25, 0.3) is 5.91 Å². The van der Waals surface area contributed by atoms with E-state index < -0.39 is 0 Å². The Morgan fingerprint density at radius 1 is 1.09 bits per heavy atom. The highest BCUT2D eigenvalue weighted by atomic mass is 16.5. The summed E-state index contributed by atoms with van der Waals surface area (Å²) in [7, 11) is 0. The maximum atomic E-state index is 12.4. The van der Waals surface area contributed by atoms with Gasteiger partial charge in [0.15, 0.2) is 11.5 Å². The molecule has 0 radical (unpaired) electrons. The lowest BCUT2D eigenvalue weighted by Gasteiger charge is -2.07. The number of nitrogens with one attached hydrogen (secondary N) is 1. The lowest BCUT2D eigenvalue weighted by atomic mass is 10.1. The molecule has 0 saturated heterocycles. The highest BCUT2D eigenvalue weighted by Gasteiger charge is 2.09. The number of rotatable bonds is 8. The zero-order chi connectivity index (χ0) is 23.0. The zero-order valence-corrected chi connectivity index (χ0v) is 17.9. The second kappa shape index (κ2) is 10.2. The number of phenolic OH excluding ortho intramolecular Hbond substituents is 1. The summed E-state index contributed by atoms with van der Waals surface area (Å²) in [5, 5.41) is 26.7. The SMILES string of the molecule is CCOc1cccc(/C=N/NC(=O)c2ccc(Cn3nnc(-c4ccccc4)n3)cc2)c1O. The van der Waals surface area contributed by atoms with Crippen LogP contribution in [0.15, 0.2) is 77.9 Å². The van der Waals surface area contributed by atoms with E-state index in [2.05, 4.69) is 25.9 Å². The summed E-state index contributed by atoms with van der Waals surface area (Å²) >= 11 is 0. The van der Waals surface area contributed by atoms with Gasteiger partial charge in [0.05, 0.1) is 19.4 Å². The van der Waals surface area contributed by atoms with E-state index in [-0.39, 0.29) is 11.7 Å². The minimum absolute atomic E-state index is 0.0288. The lowest BCUT2D eigenvalue weighted by Crippen LogP contribution is -2.17. The van der Waals surface area contributed by atoms with Gasteiger partial charge < -0.3 is 9.84 Å². The van der Waals surface area contributed by atoms with Crippen LogP contribution in [-0.4, -0.2) is 44.0 Å². The quantitative estimate of drug-likeness (QED) is 0.320. The summed E-state index contributed by atoms with van der Waals surface area (Å²) in [6.07, 6.45) is 1.37. The van der Waals surface area contributed by atoms with E-state index in [9.17, 15) is 9.90 Å². The van der Waals surface area contributed by atoms with Crippen LogP contribution in [0.25, 0.3) is 11.4 Å². The third-order valence-corrected chi connectivity index (χ3v) is 4.72. The van der Waals surface area contributed by atoms with Gasteiger partial charge in [-0.05, 0) is 42.0 Å². The Bertz CT molecular complexity index is 1250. The summed E-state index contributed by atoms with van der Waals surface area (Å²) in [5.74, 6) is 0.519. The molecule has 3 aromatic carbocycles. The van der Waals surface area contributed by atoms with Crippen molar-refractivity contribution in [2.75, 3.05) is 6.61 Å². The molecule has 0 saturated carbocycles. The molecule has 33 heavy (non-hydrogen) atoms. The van der Waals surface area contributed by atoms with E-state index in [0.717, 1.165) is 11.1 Å². The number of ether oxygens (including phenoxy) is 1. The van der Waals surface area contributed by atoms with Crippen LogP contribution in [0.5, 0.6) is 11.5 Å². The first kappa shape index (κ1) is 21.7. The fraction of sp³-hybridized carbons (Fsp3) is 0.125. The van der Waals surface area contributed by atoms with Gasteiger partial charge >= 0.3 is 0 Å². The molecule has 0 atom stereocenters. The Balaban J connectivity index is 1.35. The van der Waals surface area contributed by atoms with Crippen LogP contribution in [0.3, 0.4) is 0 Å². The normalized spacial score (nSPS) is 10.9. The van der Waals surface area contributed by atoms with Crippen LogP contribution < -0.4 is 10.2 Å². The third kappa shape index (κ3) is 5.40. The molecule has 2 N–H and O–H groups in total. The highest BCUT2D eigenvalue weighted by molar-refractivity contribution is 5.95. The number of hydrogen-bond donors (Lipinski definition) is 2. The molecule has 0 spiro atoms. The van der Waals surface area contributed by atoms with E-state index in [1.807, 2.05) is 49.4 Å². The Hall–Kier alpha value is -4.53. The maximum Gasteiger partial charge on any atom is 0.271 e. The van der Waals surface area contributed by atoms with Gasteiger partial charge in [0, 0.05) is 16.7 Å². The molecule has 1 heterocycles. The number of hydrogen-bond acceptors (Lipinski definition) is 7. The molecule has 0 aliphatic carbocycles. The van der Waals surface area contributed by atoms with Crippen molar-refractivity contribution in [1.29, 1.82) is 0 Å². The summed E-state index contributed by atoms with van der Waals surface area (Å²) in [4.78, 5) is 13.9. The molecule has 1 amide bonds. The van der Waals surface area contributed by atoms with E-state index >= 15 is 0 Å². The van der Waals surface area contributed by atoms with Crippen molar-refractivity contribution in [3.05, 3.63) is 89.5 Å². The Morgan fingerprint density at radius 3 is 2.64 bits per heavy atom. The highest BCUT2D eigenvalue weighted by Crippen LogP contribution is 2.28. The number of aromatic hydroxyl groups is 1. The van der Waals surface area contributed by atoms with Crippen LogP contribution in [0.1, 0.15) is 28.4 Å². The van der Waals surface area contributed by atoms with Crippen LogP contribution in [0, 0.1) is 0 Å². The average Bonchev–Trinajstić information content (AvgIpc) is 3.31. The summed E-state index contributed by atoms with van der Waals surface area (Å²) in [6, 6.07) is 21.7. The minimum Gasteiger partial charge on any atom is -0.504 e. The number of amides is 1. The molecule has 1 aromatic heterocycles. The molecule has 9 heteroatoms. The first-order chi connectivity index (χ1) is 16.1. The number of hydrazone groups is 1. The largest absolute Gasteiger partial charge is 0.504 e. The molecule has 0 fully saturated rings. The number of benzene rings is 3. The molecule has 0 aliphatic heterocycles. The van der Waals surface area contributed by atoms with Crippen molar-refractivity contribution < 1.29 is 14.6 Å². The minimum atomic E-state index is -0.372. The fourth-order valence-electron chi connectivity index (χ4n) is 3.08. The lowest BCUT2D eigenvalue weighted by molar-refractivity contribution is 0.0955. The maximum absolute atomic E-state index is 12.4. The predicted molar refractivity (Wildman–Crippen MR) is 123 cm³/mol. The number of phenols is 1. The predicted octanol–water partition coefficient (Wildman–Crippen LogP) is 3.26. The van der Waals surface area contributed by atoms with E-state index in [4.69, 9.17) is 4.74 Å².